The normalized spacial score (nSPS) is 12.9. The maximum Gasteiger partial charge on any atom is 0.491 e. The fourth-order valence-electron chi connectivity index (χ4n) is 4.08. The van der Waals surface area contributed by atoms with Crippen molar-refractivity contribution in [3.05, 3.63) is 107 Å². The van der Waals surface area contributed by atoms with E-state index >= 15 is 0 Å². The van der Waals surface area contributed by atoms with Crippen LogP contribution in [0.2, 0.25) is 0 Å². The second-order valence-electron chi connectivity index (χ2n) is 8.45. The Morgan fingerprint density at radius 2 is 1.00 bits per heavy atom. The summed E-state index contributed by atoms with van der Waals surface area (Å²) in [6.45, 7) is 0.673. The van der Waals surface area contributed by atoms with E-state index < -0.39 is 14.2 Å². The quantitative estimate of drug-likeness (QED) is 0.408. The lowest BCUT2D eigenvalue weighted by atomic mass is 9.79. The molecule has 2 aliphatic heterocycles. The number of hydrogen-bond donors (Lipinski definition) is 2. The minimum absolute atomic E-state index is 0.336. The summed E-state index contributed by atoms with van der Waals surface area (Å²) in [6, 6.07) is 28.8. The van der Waals surface area contributed by atoms with Crippen LogP contribution in [0.1, 0.15) is 22.3 Å². The summed E-state index contributed by atoms with van der Waals surface area (Å²) < 4.78 is 21.9. The molecule has 184 valence electrons. The molecule has 0 saturated heterocycles. The third-order valence-electron chi connectivity index (χ3n) is 6.06. The smallest absolute Gasteiger partial charge is 0.457 e. The third-order valence-corrected chi connectivity index (χ3v) is 6.06. The van der Waals surface area contributed by atoms with Gasteiger partial charge in [0.1, 0.15) is 23.0 Å². The van der Waals surface area contributed by atoms with Gasteiger partial charge in [0.05, 0.1) is 36.5 Å². The van der Waals surface area contributed by atoms with Crippen LogP contribution in [0.25, 0.3) is 0 Å². The molecule has 8 nitrogen and oxygen atoms in total. The molecule has 0 amide bonds. The van der Waals surface area contributed by atoms with Crippen molar-refractivity contribution in [2.45, 2.75) is 13.2 Å². The predicted molar refractivity (Wildman–Crippen MR) is 140 cm³/mol. The van der Waals surface area contributed by atoms with E-state index in [2.05, 4.69) is 12.1 Å². The Morgan fingerprint density at radius 1 is 0.605 bits per heavy atom. The van der Waals surface area contributed by atoms with Gasteiger partial charge in [-0.05, 0) is 71.6 Å². The molecule has 4 aromatic carbocycles. The van der Waals surface area contributed by atoms with E-state index in [1.807, 2.05) is 36.4 Å². The van der Waals surface area contributed by atoms with Gasteiger partial charge in [-0.3, -0.25) is 0 Å². The molecule has 0 radical (unpaired) electrons. The van der Waals surface area contributed by atoms with E-state index in [0.717, 1.165) is 22.1 Å². The van der Waals surface area contributed by atoms with Crippen LogP contribution >= 0.6 is 0 Å². The zero-order valence-corrected chi connectivity index (χ0v) is 20.1. The van der Waals surface area contributed by atoms with Crippen LogP contribution in [0, 0.1) is 22.7 Å². The van der Waals surface area contributed by atoms with E-state index in [1.54, 1.807) is 48.5 Å². The highest BCUT2D eigenvalue weighted by atomic mass is 16.5. The molecular weight excluding hydrogens is 482 g/mol. The molecule has 2 heterocycles. The Balaban J connectivity index is 0.000000155. The van der Waals surface area contributed by atoms with Crippen molar-refractivity contribution in [1.29, 1.82) is 10.5 Å². The summed E-state index contributed by atoms with van der Waals surface area (Å²) in [4.78, 5) is 0. The topological polar surface area (TPSA) is 125 Å². The molecule has 0 unspecified atom stereocenters. The Bertz CT molecular complexity index is 1410. The Morgan fingerprint density at radius 3 is 1.37 bits per heavy atom. The first kappa shape index (κ1) is 25.1. The molecule has 0 spiro atoms. The molecule has 38 heavy (non-hydrogen) atoms. The zero-order valence-electron chi connectivity index (χ0n) is 20.1. The summed E-state index contributed by atoms with van der Waals surface area (Å²) in [5.41, 5.74) is 4.38. The fraction of sp³-hybridized carbons (Fsp3) is 0.0714. The minimum Gasteiger partial charge on any atom is -0.457 e. The van der Waals surface area contributed by atoms with E-state index in [9.17, 15) is 10.0 Å². The molecule has 2 aliphatic rings. The second kappa shape index (κ2) is 11.2. The standard InChI is InChI=1S/2C14H10BNO3/c2*16-8-10-4-6-11(7-5-10)19-14-3-1-2-13-12(14)9-18-15(13)17/h2*1-7,17H,9H2. The van der Waals surface area contributed by atoms with Gasteiger partial charge in [0.2, 0.25) is 0 Å². The molecule has 0 fully saturated rings. The highest BCUT2D eigenvalue weighted by Crippen LogP contribution is 2.29. The summed E-state index contributed by atoms with van der Waals surface area (Å²) in [6.07, 6.45) is 0. The summed E-state index contributed by atoms with van der Waals surface area (Å²) >= 11 is 0. The molecule has 2 N–H and O–H groups in total. The predicted octanol–water partition coefficient (Wildman–Crippen LogP) is 3.14. The molecule has 10 heteroatoms. The lowest BCUT2D eigenvalue weighted by Crippen LogP contribution is -2.27. The molecule has 4 aromatic rings. The maximum atomic E-state index is 9.63. The molecule has 0 aliphatic carbocycles. The Hall–Kier alpha value is -4.57. The van der Waals surface area contributed by atoms with Crippen LogP contribution in [-0.2, 0) is 22.5 Å². The van der Waals surface area contributed by atoms with Gasteiger partial charge in [-0.2, -0.15) is 10.5 Å². The van der Waals surface area contributed by atoms with Crippen molar-refractivity contribution < 1.29 is 28.8 Å². The van der Waals surface area contributed by atoms with Gasteiger partial charge in [-0.25, -0.2) is 0 Å². The Labute approximate surface area is 220 Å². The van der Waals surface area contributed by atoms with Crippen LogP contribution in [0.4, 0.5) is 0 Å². The van der Waals surface area contributed by atoms with E-state index in [4.69, 9.17) is 29.3 Å². The first-order valence-electron chi connectivity index (χ1n) is 11.7. The number of fused-ring (bicyclic) bond motifs is 2. The highest BCUT2D eigenvalue weighted by molar-refractivity contribution is 6.62. The lowest BCUT2D eigenvalue weighted by Gasteiger charge is -2.09. The van der Waals surface area contributed by atoms with Gasteiger partial charge in [0.15, 0.2) is 0 Å². The van der Waals surface area contributed by atoms with Crippen LogP contribution in [0.3, 0.4) is 0 Å². The number of nitriles is 2. The SMILES string of the molecule is N#Cc1ccc(Oc2cccc3c2COB3O)cc1.N#Cc1ccc(Oc2cccc3c2COB3O)cc1. The second-order valence-corrected chi connectivity index (χ2v) is 8.45. The molecule has 0 bridgehead atoms. The molecule has 0 aromatic heterocycles. The first-order valence-corrected chi connectivity index (χ1v) is 11.7. The van der Waals surface area contributed by atoms with Crippen LogP contribution < -0.4 is 20.4 Å². The van der Waals surface area contributed by atoms with Gasteiger partial charge in [0.25, 0.3) is 0 Å². The van der Waals surface area contributed by atoms with Crippen molar-refractivity contribution >= 4 is 25.2 Å². The average molecular weight is 502 g/mol. The van der Waals surface area contributed by atoms with Crippen molar-refractivity contribution in [2.75, 3.05) is 0 Å². The summed E-state index contributed by atoms with van der Waals surface area (Å²) in [5.74, 6) is 2.63. The van der Waals surface area contributed by atoms with Gasteiger partial charge < -0.3 is 28.8 Å². The van der Waals surface area contributed by atoms with Crippen molar-refractivity contribution in [3.63, 3.8) is 0 Å². The van der Waals surface area contributed by atoms with Crippen LogP contribution in [0.15, 0.2) is 84.9 Å². The largest absolute Gasteiger partial charge is 0.491 e. The Kier molecular flexibility index (Phi) is 7.41. The van der Waals surface area contributed by atoms with Crippen molar-refractivity contribution in [1.82, 2.24) is 0 Å². The summed E-state index contributed by atoms with van der Waals surface area (Å²) in [5, 5.41) is 36.7. The number of hydrogen-bond acceptors (Lipinski definition) is 8. The maximum absolute atomic E-state index is 9.63. The lowest BCUT2D eigenvalue weighted by molar-refractivity contribution is 0.272. The monoisotopic (exact) mass is 502 g/mol. The number of rotatable bonds is 4. The number of benzene rings is 4. The molecule has 0 atom stereocenters. The molecular formula is C28H20B2N2O6. The van der Waals surface area contributed by atoms with Gasteiger partial charge in [0, 0.05) is 11.1 Å². The van der Waals surface area contributed by atoms with Gasteiger partial charge in [-0.1, -0.05) is 24.3 Å². The van der Waals surface area contributed by atoms with Crippen molar-refractivity contribution in [2.24, 2.45) is 0 Å². The average Bonchev–Trinajstić information content (AvgIpc) is 3.53. The third kappa shape index (κ3) is 5.40. The minimum atomic E-state index is -0.875. The van der Waals surface area contributed by atoms with Gasteiger partial charge >= 0.3 is 14.2 Å². The molecule has 0 saturated carbocycles. The van der Waals surface area contributed by atoms with E-state index in [1.165, 1.54) is 0 Å². The highest BCUT2D eigenvalue weighted by Gasteiger charge is 2.30. The van der Waals surface area contributed by atoms with Crippen LogP contribution in [0.5, 0.6) is 23.0 Å². The zero-order chi connectivity index (χ0) is 26.5. The molecule has 6 rings (SSSR count). The van der Waals surface area contributed by atoms with Crippen molar-refractivity contribution in [3.8, 4) is 35.1 Å². The fourth-order valence-corrected chi connectivity index (χ4v) is 4.08. The number of nitrogens with zero attached hydrogens (tertiary/aromatic N) is 2. The first-order chi connectivity index (χ1) is 18.6. The van der Waals surface area contributed by atoms with E-state index in [0.29, 0.717) is 47.3 Å². The summed E-state index contributed by atoms with van der Waals surface area (Å²) in [7, 11) is -1.75. The van der Waals surface area contributed by atoms with Gasteiger partial charge in [-0.15, -0.1) is 0 Å². The van der Waals surface area contributed by atoms with E-state index in [-0.39, 0.29) is 0 Å². The number of ether oxygens (including phenoxy) is 2. The van der Waals surface area contributed by atoms with Crippen LogP contribution in [-0.4, -0.2) is 24.3 Å².